The fourth-order valence-electron chi connectivity index (χ4n) is 2.16. The van der Waals surface area contributed by atoms with Gasteiger partial charge in [-0.25, -0.2) is 0 Å². The molecule has 1 saturated carbocycles. The Morgan fingerprint density at radius 3 is 2.56 bits per heavy atom. The molecular formula is C14H26O2. The Labute approximate surface area is 99.8 Å². The third-order valence-electron chi connectivity index (χ3n) is 3.76. The Morgan fingerprint density at radius 1 is 1.38 bits per heavy atom. The summed E-state index contributed by atoms with van der Waals surface area (Å²) in [6.45, 7) is 8.34. The van der Waals surface area contributed by atoms with E-state index >= 15 is 0 Å². The van der Waals surface area contributed by atoms with Gasteiger partial charge in [0.05, 0.1) is 17.6 Å². The van der Waals surface area contributed by atoms with E-state index in [1.165, 1.54) is 25.7 Å². The number of hydrogen-bond donors (Lipinski definition) is 0. The van der Waals surface area contributed by atoms with Crippen LogP contribution in [-0.4, -0.2) is 18.0 Å². The Morgan fingerprint density at radius 2 is 2.06 bits per heavy atom. The van der Waals surface area contributed by atoms with Gasteiger partial charge in [-0.3, -0.25) is 4.79 Å². The SMILES string of the molecule is CCCCCCC(C)OC1CC(=O)C1(C)C. The number of carbonyl (C=O) groups excluding carboxylic acids is 1. The Hall–Kier alpha value is -0.370. The van der Waals surface area contributed by atoms with E-state index in [1.807, 2.05) is 13.8 Å². The van der Waals surface area contributed by atoms with Crippen LogP contribution in [0, 0.1) is 5.41 Å². The largest absolute Gasteiger partial charge is 0.374 e. The van der Waals surface area contributed by atoms with Crippen LogP contribution >= 0.6 is 0 Å². The summed E-state index contributed by atoms with van der Waals surface area (Å²) in [6.07, 6.45) is 7.34. The number of rotatable bonds is 7. The highest BCUT2D eigenvalue weighted by molar-refractivity contribution is 5.91. The van der Waals surface area contributed by atoms with Crippen molar-refractivity contribution in [1.29, 1.82) is 0 Å². The van der Waals surface area contributed by atoms with E-state index in [0.717, 1.165) is 6.42 Å². The summed E-state index contributed by atoms with van der Waals surface area (Å²) in [6, 6.07) is 0. The van der Waals surface area contributed by atoms with Crippen LogP contribution < -0.4 is 0 Å². The first-order valence-corrected chi connectivity index (χ1v) is 6.67. The van der Waals surface area contributed by atoms with Gasteiger partial charge in [-0.2, -0.15) is 0 Å². The molecule has 1 aliphatic carbocycles. The molecule has 0 saturated heterocycles. The minimum atomic E-state index is -0.238. The molecule has 0 heterocycles. The number of ether oxygens (including phenoxy) is 1. The molecule has 1 fully saturated rings. The first-order valence-electron chi connectivity index (χ1n) is 6.67. The molecule has 0 amide bonds. The fourth-order valence-corrected chi connectivity index (χ4v) is 2.16. The van der Waals surface area contributed by atoms with E-state index in [9.17, 15) is 4.79 Å². The maximum absolute atomic E-state index is 11.4. The van der Waals surface area contributed by atoms with Crippen LogP contribution in [0.3, 0.4) is 0 Å². The first kappa shape index (κ1) is 13.7. The van der Waals surface area contributed by atoms with E-state index in [1.54, 1.807) is 0 Å². The van der Waals surface area contributed by atoms with Gasteiger partial charge >= 0.3 is 0 Å². The van der Waals surface area contributed by atoms with Crippen molar-refractivity contribution < 1.29 is 9.53 Å². The van der Waals surface area contributed by atoms with Gasteiger partial charge in [-0.15, -0.1) is 0 Å². The van der Waals surface area contributed by atoms with Crippen LogP contribution in [-0.2, 0) is 9.53 Å². The summed E-state index contributed by atoms with van der Waals surface area (Å²) in [5, 5.41) is 0. The number of hydrogen-bond acceptors (Lipinski definition) is 2. The van der Waals surface area contributed by atoms with Crippen molar-refractivity contribution in [2.24, 2.45) is 5.41 Å². The second-order valence-electron chi connectivity index (χ2n) is 5.63. The van der Waals surface area contributed by atoms with E-state index in [2.05, 4.69) is 13.8 Å². The monoisotopic (exact) mass is 226 g/mol. The summed E-state index contributed by atoms with van der Waals surface area (Å²) in [4.78, 5) is 11.4. The van der Waals surface area contributed by atoms with Crippen LogP contribution in [0.2, 0.25) is 0 Å². The number of carbonyl (C=O) groups is 1. The highest BCUT2D eigenvalue weighted by atomic mass is 16.5. The molecule has 2 nitrogen and oxygen atoms in total. The fraction of sp³-hybridized carbons (Fsp3) is 0.929. The van der Waals surface area contributed by atoms with Gasteiger partial charge in [0.15, 0.2) is 0 Å². The zero-order valence-corrected chi connectivity index (χ0v) is 11.2. The molecule has 0 aromatic carbocycles. The van der Waals surface area contributed by atoms with Crippen LogP contribution in [0.4, 0.5) is 0 Å². The van der Waals surface area contributed by atoms with Crippen LogP contribution in [0.1, 0.15) is 66.2 Å². The van der Waals surface area contributed by atoms with E-state index in [4.69, 9.17) is 4.74 Å². The zero-order valence-electron chi connectivity index (χ0n) is 11.2. The highest BCUT2D eigenvalue weighted by Crippen LogP contribution is 2.39. The van der Waals surface area contributed by atoms with Crippen molar-refractivity contribution in [3.8, 4) is 0 Å². The highest BCUT2D eigenvalue weighted by Gasteiger charge is 2.48. The molecule has 2 atom stereocenters. The molecule has 2 unspecified atom stereocenters. The van der Waals surface area contributed by atoms with E-state index in [-0.39, 0.29) is 11.5 Å². The van der Waals surface area contributed by atoms with Crippen molar-refractivity contribution in [2.75, 3.05) is 0 Å². The Kier molecular flexibility index (Phi) is 4.97. The molecular weight excluding hydrogens is 200 g/mol. The minimum absolute atomic E-state index is 0.154. The predicted molar refractivity (Wildman–Crippen MR) is 66.5 cm³/mol. The topological polar surface area (TPSA) is 26.3 Å². The first-order chi connectivity index (χ1) is 7.48. The van der Waals surface area contributed by atoms with Crippen molar-refractivity contribution in [3.63, 3.8) is 0 Å². The average molecular weight is 226 g/mol. The molecule has 0 aromatic rings. The smallest absolute Gasteiger partial charge is 0.143 e. The number of Topliss-reactive ketones (excluding diaryl/α,β-unsaturated/α-hetero) is 1. The second kappa shape index (κ2) is 5.81. The average Bonchev–Trinajstić information content (AvgIpc) is 2.24. The number of ketones is 1. The molecule has 0 radical (unpaired) electrons. The summed E-state index contributed by atoms with van der Waals surface area (Å²) in [5.41, 5.74) is -0.238. The Bertz CT molecular complexity index is 233. The summed E-state index contributed by atoms with van der Waals surface area (Å²) in [5.74, 6) is 0.343. The quantitative estimate of drug-likeness (QED) is 0.618. The van der Waals surface area contributed by atoms with E-state index < -0.39 is 0 Å². The molecule has 1 rings (SSSR count). The van der Waals surface area contributed by atoms with Gasteiger partial charge in [-0.05, 0) is 13.3 Å². The zero-order chi connectivity index (χ0) is 12.2. The molecule has 1 aliphatic rings. The van der Waals surface area contributed by atoms with Crippen LogP contribution in [0.25, 0.3) is 0 Å². The molecule has 0 aliphatic heterocycles. The van der Waals surface area contributed by atoms with Crippen molar-refractivity contribution >= 4 is 5.78 Å². The molecule has 94 valence electrons. The molecule has 0 aromatic heterocycles. The van der Waals surface area contributed by atoms with Gasteiger partial charge in [0.2, 0.25) is 0 Å². The van der Waals surface area contributed by atoms with E-state index in [0.29, 0.717) is 18.3 Å². The molecule has 2 heteroatoms. The lowest BCUT2D eigenvalue weighted by Gasteiger charge is -2.43. The number of unbranched alkanes of at least 4 members (excludes halogenated alkanes) is 3. The third kappa shape index (κ3) is 3.31. The maximum Gasteiger partial charge on any atom is 0.143 e. The second-order valence-corrected chi connectivity index (χ2v) is 5.63. The Balaban J connectivity index is 2.15. The minimum Gasteiger partial charge on any atom is -0.374 e. The van der Waals surface area contributed by atoms with Gasteiger partial charge < -0.3 is 4.74 Å². The molecule has 0 N–H and O–H groups in total. The normalized spacial score (nSPS) is 25.2. The molecule has 0 bridgehead atoms. The van der Waals surface area contributed by atoms with Crippen molar-refractivity contribution in [2.45, 2.75) is 78.4 Å². The van der Waals surface area contributed by atoms with Crippen LogP contribution in [0.15, 0.2) is 0 Å². The van der Waals surface area contributed by atoms with Crippen molar-refractivity contribution in [1.82, 2.24) is 0 Å². The van der Waals surface area contributed by atoms with Gasteiger partial charge in [0, 0.05) is 6.42 Å². The predicted octanol–water partition coefficient (Wildman–Crippen LogP) is 3.73. The van der Waals surface area contributed by atoms with Gasteiger partial charge in [0.25, 0.3) is 0 Å². The summed E-state index contributed by atoms with van der Waals surface area (Å²) >= 11 is 0. The molecule has 16 heavy (non-hydrogen) atoms. The summed E-state index contributed by atoms with van der Waals surface area (Å²) < 4.78 is 5.93. The van der Waals surface area contributed by atoms with Gasteiger partial charge in [0.1, 0.15) is 5.78 Å². The van der Waals surface area contributed by atoms with Gasteiger partial charge in [-0.1, -0.05) is 46.5 Å². The lowest BCUT2D eigenvalue weighted by Crippen LogP contribution is -2.52. The lowest BCUT2D eigenvalue weighted by molar-refractivity contribution is -0.165. The third-order valence-corrected chi connectivity index (χ3v) is 3.76. The van der Waals surface area contributed by atoms with Crippen molar-refractivity contribution in [3.05, 3.63) is 0 Å². The summed E-state index contributed by atoms with van der Waals surface area (Å²) in [7, 11) is 0. The lowest BCUT2D eigenvalue weighted by atomic mass is 9.68. The van der Waals surface area contributed by atoms with Crippen LogP contribution in [0.5, 0.6) is 0 Å². The standard InChI is InChI=1S/C14H26O2/c1-5-6-7-8-9-11(2)16-13-10-12(15)14(13,3)4/h11,13H,5-10H2,1-4H3. The molecule has 0 spiro atoms. The maximum atomic E-state index is 11.4.